The summed E-state index contributed by atoms with van der Waals surface area (Å²) in [6.45, 7) is 3.06. The van der Waals surface area contributed by atoms with Gasteiger partial charge in [-0.25, -0.2) is 0 Å². The quantitative estimate of drug-likeness (QED) is 0.338. The van der Waals surface area contributed by atoms with Gasteiger partial charge >= 0.3 is 0 Å². The van der Waals surface area contributed by atoms with E-state index in [0.29, 0.717) is 0 Å². The van der Waals surface area contributed by atoms with E-state index in [2.05, 4.69) is 66.1 Å². The summed E-state index contributed by atoms with van der Waals surface area (Å²) in [4.78, 5) is 0. The van der Waals surface area contributed by atoms with Crippen molar-refractivity contribution in [3.05, 3.63) is 78.0 Å². The summed E-state index contributed by atoms with van der Waals surface area (Å²) in [6, 6.07) is 22.9. The third kappa shape index (κ3) is 2.68. The van der Waals surface area contributed by atoms with Crippen molar-refractivity contribution >= 4 is 33.1 Å². The van der Waals surface area contributed by atoms with E-state index in [1.807, 2.05) is 12.1 Å². The van der Waals surface area contributed by atoms with Gasteiger partial charge in [0.25, 0.3) is 0 Å². The van der Waals surface area contributed by atoms with Gasteiger partial charge in [-0.05, 0) is 36.8 Å². The number of anilines is 2. The summed E-state index contributed by atoms with van der Waals surface area (Å²) >= 11 is 0. The maximum atomic E-state index is 6.12. The Hall–Kier alpha value is -3.07. The molecule has 3 nitrogen and oxygen atoms in total. The minimum Gasteiger partial charge on any atom is -0.399 e. The molecule has 0 aliphatic heterocycles. The van der Waals surface area contributed by atoms with Crippen LogP contribution in [-0.2, 0) is 13.0 Å². The SMILES string of the molecule is CC[n+]1c(Cc2ccccc2)c2cc(N)ccc2c2ccc(N)cc21. The topological polar surface area (TPSA) is 55.9 Å². The number of nitrogens with two attached hydrogens (primary N) is 2. The van der Waals surface area contributed by atoms with E-state index in [0.717, 1.165) is 24.3 Å². The van der Waals surface area contributed by atoms with Gasteiger partial charge in [-0.3, -0.25) is 0 Å². The number of hydrogen-bond acceptors (Lipinski definition) is 2. The van der Waals surface area contributed by atoms with Crippen LogP contribution >= 0.6 is 0 Å². The molecule has 4 aromatic rings. The molecule has 3 aromatic carbocycles. The standard InChI is InChI=1S/C22H21N3/c1-2-25-21(12-15-6-4-3-5-7-15)20-13-16(23)8-10-18(20)19-11-9-17(24)14-22(19)25/h3-11,13-14,24H,2,12,23H2,1H3/p+1. The van der Waals surface area contributed by atoms with E-state index in [-0.39, 0.29) is 0 Å². The largest absolute Gasteiger partial charge is 0.399 e. The second kappa shape index (κ2) is 6.10. The highest BCUT2D eigenvalue weighted by Gasteiger charge is 2.21. The van der Waals surface area contributed by atoms with Crippen molar-refractivity contribution in [2.45, 2.75) is 19.9 Å². The van der Waals surface area contributed by atoms with Crippen molar-refractivity contribution in [2.75, 3.05) is 11.5 Å². The molecular formula is C22H22N3+. The van der Waals surface area contributed by atoms with Gasteiger partial charge in [0.15, 0.2) is 5.69 Å². The van der Waals surface area contributed by atoms with E-state index in [4.69, 9.17) is 11.5 Å². The number of rotatable bonds is 3. The van der Waals surface area contributed by atoms with Crippen molar-refractivity contribution in [1.29, 1.82) is 0 Å². The highest BCUT2D eigenvalue weighted by atomic mass is 15.0. The summed E-state index contributed by atoms with van der Waals surface area (Å²) in [6.07, 6.45) is 0.860. The van der Waals surface area contributed by atoms with E-state index < -0.39 is 0 Å². The molecule has 124 valence electrons. The van der Waals surface area contributed by atoms with Crippen LogP contribution in [0.25, 0.3) is 21.7 Å². The van der Waals surface area contributed by atoms with Crippen LogP contribution in [0.15, 0.2) is 66.7 Å². The average molecular weight is 328 g/mol. The summed E-state index contributed by atoms with van der Waals surface area (Å²) in [7, 11) is 0. The number of hydrogen-bond donors (Lipinski definition) is 2. The zero-order chi connectivity index (χ0) is 17.4. The van der Waals surface area contributed by atoms with Crippen molar-refractivity contribution in [3.63, 3.8) is 0 Å². The number of fused-ring (bicyclic) bond motifs is 3. The molecule has 1 heterocycles. The van der Waals surface area contributed by atoms with Crippen LogP contribution in [0.1, 0.15) is 18.2 Å². The minimum atomic E-state index is 0.787. The van der Waals surface area contributed by atoms with E-state index in [1.54, 1.807) is 0 Å². The van der Waals surface area contributed by atoms with Gasteiger partial charge in [-0.15, -0.1) is 0 Å². The van der Waals surface area contributed by atoms with Crippen molar-refractivity contribution in [2.24, 2.45) is 0 Å². The molecule has 25 heavy (non-hydrogen) atoms. The van der Waals surface area contributed by atoms with Gasteiger partial charge in [0.1, 0.15) is 6.54 Å². The molecule has 0 amide bonds. The molecule has 3 heteroatoms. The second-order valence-corrected chi connectivity index (χ2v) is 6.43. The smallest absolute Gasteiger partial charge is 0.215 e. The first-order valence-electron chi connectivity index (χ1n) is 8.64. The molecule has 0 atom stereocenters. The molecule has 0 saturated heterocycles. The number of benzene rings is 3. The zero-order valence-electron chi connectivity index (χ0n) is 14.4. The van der Waals surface area contributed by atoms with Gasteiger partial charge in [0, 0.05) is 22.8 Å². The molecule has 0 aliphatic carbocycles. The first kappa shape index (κ1) is 15.5. The van der Waals surface area contributed by atoms with Gasteiger partial charge in [-0.2, -0.15) is 4.57 Å². The third-order valence-electron chi connectivity index (χ3n) is 4.81. The molecule has 0 aliphatic rings. The predicted octanol–water partition coefficient (Wildman–Crippen LogP) is 4.06. The Morgan fingerprint density at radius 1 is 0.760 bits per heavy atom. The first-order valence-corrected chi connectivity index (χ1v) is 8.64. The van der Waals surface area contributed by atoms with Crippen LogP contribution < -0.4 is 16.0 Å². The van der Waals surface area contributed by atoms with E-state index >= 15 is 0 Å². The fourth-order valence-corrected chi connectivity index (χ4v) is 3.67. The molecule has 1 aromatic heterocycles. The Kier molecular flexibility index (Phi) is 3.77. The first-order chi connectivity index (χ1) is 12.2. The number of aryl methyl sites for hydroxylation is 1. The van der Waals surface area contributed by atoms with Crippen LogP contribution in [0.4, 0.5) is 11.4 Å². The molecule has 4 N–H and O–H groups in total. The fraction of sp³-hybridized carbons (Fsp3) is 0.136. The summed E-state index contributed by atoms with van der Waals surface area (Å²) < 4.78 is 2.36. The summed E-state index contributed by atoms with van der Waals surface area (Å²) in [5, 5.41) is 3.64. The Morgan fingerprint density at radius 2 is 1.44 bits per heavy atom. The number of aromatic nitrogens is 1. The molecule has 0 bridgehead atoms. The Bertz CT molecular complexity index is 1070. The Balaban J connectivity index is 2.11. The minimum absolute atomic E-state index is 0.787. The third-order valence-corrected chi connectivity index (χ3v) is 4.81. The molecule has 0 spiro atoms. The van der Waals surface area contributed by atoms with Crippen molar-refractivity contribution < 1.29 is 4.57 Å². The molecule has 0 fully saturated rings. The van der Waals surface area contributed by atoms with E-state index in [1.165, 1.54) is 32.9 Å². The van der Waals surface area contributed by atoms with Crippen molar-refractivity contribution in [3.8, 4) is 0 Å². The van der Waals surface area contributed by atoms with Gasteiger partial charge in [0.2, 0.25) is 5.52 Å². The monoisotopic (exact) mass is 328 g/mol. The Morgan fingerprint density at radius 3 is 2.16 bits per heavy atom. The summed E-state index contributed by atoms with van der Waals surface area (Å²) in [5.41, 5.74) is 17.5. The van der Waals surface area contributed by atoms with Crippen LogP contribution in [-0.4, -0.2) is 0 Å². The molecule has 0 saturated carbocycles. The predicted molar refractivity (Wildman–Crippen MR) is 105 cm³/mol. The lowest BCUT2D eigenvalue weighted by molar-refractivity contribution is -0.673. The van der Waals surface area contributed by atoms with Gasteiger partial charge in [-0.1, -0.05) is 36.4 Å². The van der Waals surface area contributed by atoms with Gasteiger partial charge in [0.05, 0.1) is 17.2 Å². The van der Waals surface area contributed by atoms with Crippen LogP contribution in [0.5, 0.6) is 0 Å². The highest BCUT2D eigenvalue weighted by molar-refractivity contribution is 6.06. The fourth-order valence-electron chi connectivity index (χ4n) is 3.67. The molecule has 4 rings (SSSR count). The lowest BCUT2D eigenvalue weighted by Crippen LogP contribution is -2.38. The normalized spacial score (nSPS) is 11.2. The Labute approximate surface area is 147 Å². The number of pyridine rings is 1. The average Bonchev–Trinajstić information content (AvgIpc) is 2.62. The molecule has 0 unspecified atom stereocenters. The van der Waals surface area contributed by atoms with Crippen LogP contribution in [0.2, 0.25) is 0 Å². The van der Waals surface area contributed by atoms with Crippen LogP contribution in [0, 0.1) is 0 Å². The number of nitrogens with zero attached hydrogens (tertiary/aromatic N) is 1. The van der Waals surface area contributed by atoms with Gasteiger partial charge < -0.3 is 11.5 Å². The van der Waals surface area contributed by atoms with Crippen molar-refractivity contribution in [1.82, 2.24) is 0 Å². The van der Waals surface area contributed by atoms with Crippen LogP contribution in [0.3, 0.4) is 0 Å². The lowest BCUT2D eigenvalue weighted by atomic mass is 9.98. The zero-order valence-corrected chi connectivity index (χ0v) is 14.4. The molecule has 0 radical (unpaired) electrons. The maximum absolute atomic E-state index is 6.12. The summed E-state index contributed by atoms with van der Waals surface area (Å²) in [5.74, 6) is 0. The number of nitrogen functional groups attached to an aromatic ring is 2. The highest BCUT2D eigenvalue weighted by Crippen LogP contribution is 2.29. The van der Waals surface area contributed by atoms with E-state index in [9.17, 15) is 0 Å². The lowest BCUT2D eigenvalue weighted by Gasteiger charge is -2.12. The second-order valence-electron chi connectivity index (χ2n) is 6.43. The molecular weight excluding hydrogens is 306 g/mol. The maximum Gasteiger partial charge on any atom is 0.215 e.